The van der Waals surface area contributed by atoms with Gasteiger partial charge >= 0.3 is 17.9 Å². The lowest BCUT2D eigenvalue weighted by Gasteiger charge is -2.23. The van der Waals surface area contributed by atoms with Gasteiger partial charge < -0.3 is 45.3 Å². The SMILES string of the molecule is C1CCOC1.CCOC(=O)[C@@H](O)C(Cc1ccccc1)NC(=O)c1cccc(OC(C)=O)c1C.Cc1c(O)cccc1C(=O)NC(Cc1ccccc1)[C@H](O)C(=O)O. The number of aliphatic hydroxyl groups excluding tert-OH is 2. The highest BCUT2D eigenvalue weighted by Crippen LogP contribution is 2.23. The maximum absolute atomic E-state index is 12.9. The Morgan fingerprint density at radius 1 is 0.690 bits per heavy atom. The quantitative estimate of drug-likeness (QED) is 0.0769. The number of ether oxygens (including phenoxy) is 3. The number of carbonyl (C=O) groups excluding carboxylic acids is 4. The third kappa shape index (κ3) is 14.8. The molecule has 6 N–H and O–H groups in total. The molecule has 0 aliphatic carbocycles. The molecule has 310 valence electrons. The van der Waals surface area contributed by atoms with Gasteiger partial charge in [0.2, 0.25) is 0 Å². The standard InChI is InChI=1S/C22H25NO6.C18H19NO5.C4H8O/c1-4-28-22(27)20(25)18(13-16-9-6-5-7-10-16)23-21(26)17-11-8-12-19(14(17)2)29-15(3)24;1-11-13(8-5-9-15(11)20)17(22)19-14(16(21)18(23)24)10-12-6-3-2-4-7-12;1-2-4-5-3-1/h5-12,18,20,25H,4,13H2,1-3H3,(H,23,26);2-9,14,16,20-21H,10H2,1H3,(H,19,22)(H,23,24);1-4H2/t18?,20-;14?,16-;/m00./s1. The van der Waals surface area contributed by atoms with Crippen molar-refractivity contribution in [2.24, 2.45) is 0 Å². The van der Waals surface area contributed by atoms with Crippen molar-refractivity contribution < 1.29 is 58.6 Å². The smallest absolute Gasteiger partial charge is 0.337 e. The highest BCUT2D eigenvalue weighted by atomic mass is 16.5. The van der Waals surface area contributed by atoms with Crippen molar-refractivity contribution in [3.8, 4) is 11.5 Å². The predicted octanol–water partition coefficient (Wildman–Crippen LogP) is 4.47. The summed E-state index contributed by atoms with van der Waals surface area (Å²) in [5, 5.41) is 44.4. The Labute approximate surface area is 337 Å². The lowest BCUT2D eigenvalue weighted by molar-refractivity contribution is -0.154. The number of hydrogen-bond acceptors (Lipinski definition) is 11. The number of aromatic hydroxyl groups is 1. The molecular weight excluding hydrogens is 748 g/mol. The minimum absolute atomic E-state index is 0.0268. The second kappa shape index (κ2) is 23.9. The van der Waals surface area contributed by atoms with Gasteiger partial charge in [-0.05, 0) is 81.8 Å². The van der Waals surface area contributed by atoms with Crippen molar-refractivity contribution in [1.29, 1.82) is 0 Å². The molecule has 2 unspecified atom stereocenters. The van der Waals surface area contributed by atoms with Crippen LogP contribution in [0.2, 0.25) is 0 Å². The molecule has 5 rings (SSSR count). The Balaban J connectivity index is 0.000000280. The second-order valence-electron chi connectivity index (χ2n) is 13.3. The number of carboxylic acid groups (broad SMARTS) is 1. The van der Waals surface area contributed by atoms with E-state index in [-0.39, 0.29) is 42.1 Å². The van der Waals surface area contributed by atoms with E-state index in [4.69, 9.17) is 19.3 Å². The fourth-order valence-corrected chi connectivity index (χ4v) is 5.78. The fraction of sp³-hybridized carbons (Fsp3) is 0.341. The van der Waals surface area contributed by atoms with Gasteiger partial charge in [0.15, 0.2) is 12.2 Å². The van der Waals surface area contributed by atoms with Crippen molar-refractivity contribution in [1.82, 2.24) is 10.6 Å². The highest BCUT2D eigenvalue weighted by molar-refractivity contribution is 5.97. The molecule has 0 saturated carbocycles. The topological polar surface area (TPSA) is 218 Å². The average molecular weight is 801 g/mol. The number of nitrogens with one attached hydrogen (secondary N) is 2. The summed E-state index contributed by atoms with van der Waals surface area (Å²) in [5.41, 5.74) is 2.99. The lowest BCUT2D eigenvalue weighted by Crippen LogP contribution is -2.49. The highest BCUT2D eigenvalue weighted by Gasteiger charge is 2.31. The summed E-state index contributed by atoms with van der Waals surface area (Å²) >= 11 is 0. The van der Waals surface area contributed by atoms with Crippen LogP contribution < -0.4 is 15.4 Å². The molecule has 0 bridgehead atoms. The van der Waals surface area contributed by atoms with E-state index in [2.05, 4.69) is 10.6 Å². The number of phenols is 1. The zero-order chi connectivity index (χ0) is 42.6. The molecule has 4 aromatic carbocycles. The normalized spacial score (nSPS) is 13.8. The number of aliphatic carboxylic acids is 1. The molecule has 4 atom stereocenters. The van der Waals surface area contributed by atoms with Gasteiger partial charge in [-0.2, -0.15) is 0 Å². The molecule has 0 spiro atoms. The Hall–Kier alpha value is -6.09. The minimum atomic E-state index is -1.74. The summed E-state index contributed by atoms with van der Waals surface area (Å²) in [6.45, 7) is 8.27. The van der Waals surface area contributed by atoms with E-state index in [0.717, 1.165) is 24.3 Å². The number of rotatable bonds is 14. The summed E-state index contributed by atoms with van der Waals surface area (Å²) in [7, 11) is 0. The molecular formula is C44H52N2O12. The maximum atomic E-state index is 12.9. The zero-order valence-corrected chi connectivity index (χ0v) is 33.1. The molecule has 1 saturated heterocycles. The van der Waals surface area contributed by atoms with Crippen LogP contribution >= 0.6 is 0 Å². The first-order valence-corrected chi connectivity index (χ1v) is 18.8. The molecule has 14 heteroatoms. The molecule has 58 heavy (non-hydrogen) atoms. The molecule has 1 aliphatic rings. The third-order valence-corrected chi connectivity index (χ3v) is 8.93. The number of carboxylic acids is 1. The summed E-state index contributed by atoms with van der Waals surface area (Å²) in [6.07, 6.45) is -0.324. The van der Waals surface area contributed by atoms with Crippen LogP contribution in [0.4, 0.5) is 0 Å². The summed E-state index contributed by atoms with van der Waals surface area (Å²) in [6, 6.07) is 25.5. The fourth-order valence-electron chi connectivity index (χ4n) is 5.78. The van der Waals surface area contributed by atoms with Crippen LogP contribution in [0, 0.1) is 13.8 Å². The summed E-state index contributed by atoms with van der Waals surface area (Å²) < 4.78 is 15.0. The maximum Gasteiger partial charge on any atom is 0.337 e. The van der Waals surface area contributed by atoms with Gasteiger partial charge in [-0.15, -0.1) is 0 Å². The summed E-state index contributed by atoms with van der Waals surface area (Å²) in [4.78, 5) is 59.7. The van der Waals surface area contributed by atoms with Crippen LogP contribution in [0.15, 0.2) is 97.1 Å². The van der Waals surface area contributed by atoms with Crippen molar-refractivity contribution in [3.63, 3.8) is 0 Å². The van der Waals surface area contributed by atoms with Gasteiger partial charge in [0, 0.05) is 42.4 Å². The monoisotopic (exact) mass is 800 g/mol. The second-order valence-corrected chi connectivity index (χ2v) is 13.3. The first-order chi connectivity index (χ1) is 27.7. The Morgan fingerprint density at radius 3 is 1.62 bits per heavy atom. The van der Waals surface area contributed by atoms with Crippen molar-refractivity contribution in [3.05, 3.63) is 130 Å². The van der Waals surface area contributed by atoms with E-state index >= 15 is 0 Å². The van der Waals surface area contributed by atoms with E-state index in [1.165, 1.54) is 38.0 Å². The van der Waals surface area contributed by atoms with Crippen molar-refractivity contribution >= 4 is 29.7 Å². The van der Waals surface area contributed by atoms with Gasteiger partial charge in [-0.3, -0.25) is 14.4 Å². The van der Waals surface area contributed by atoms with Crippen LogP contribution in [0.3, 0.4) is 0 Å². The van der Waals surface area contributed by atoms with E-state index < -0.39 is 54.0 Å². The number of phenolic OH excluding ortho intramolecular Hbond substituents is 1. The van der Waals surface area contributed by atoms with Crippen LogP contribution in [0.1, 0.15) is 69.7 Å². The Kier molecular flexibility index (Phi) is 19.0. The van der Waals surface area contributed by atoms with Crippen LogP contribution in [-0.2, 0) is 36.7 Å². The lowest BCUT2D eigenvalue weighted by atomic mass is 10.00. The van der Waals surface area contributed by atoms with E-state index in [0.29, 0.717) is 11.1 Å². The van der Waals surface area contributed by atoms with Gasteiger partial charge in [-0.1, -0.05) is 72.8 Å². The number of amides is 2. The molecule has 14 nitrogen and oxygen atoms in total. The van der Waals surface area contributed by atoms with E-state index in [1.54, 1.807) is 63.2 Å². The molecule has 0 radical (unpaired) electrons. The van der Waals surface area contributed by atoms with Crippen LogP contribution in [-0.4, -0.2) is 94.3 Å². The van der Waals surface area contributed by atoms with Gasteiger partial charge in [0.25, 0.3) is 11.8 Å². The molecule has 0 aromatic heterocycles. The van der Waals surface area contributed by atoms with Gasteiger partial charge in [0.1, 0.15) is 11.5 Å². The summed E-state index contributed by atoms with van der Waals surface area (Å²) in [5.74, 6) is -3.52. The number of aliphatic hydroxyl groups is 2. The van der Waals surface area contributed by atoms with E-state index in [1.807, 2.05) is 36.4 Å². The Bertz CT molecular complexity index is 1940. The van der Waals surface area contributed by atoms with Crippen molar-refractivity contribution in [2.75, 3.05) is 19.8 Å². The molecule has 2 amide bonds. The van der Waals surface area contributed by atoms with Crippen LogP contribution in [0.25, 0.3) is 0 Å². The number of hydrogen-bond donors (Lipinski definition) is 6. The largest absolute Gasteiger partial charge is 0.508 e. The first-order valence-electron chi connectivity index (χ1n) is 18.8. The molecule has 1 fully saturated rings. The number of carbonyl (C=O) groups is 5. The number of esters is 2. The third-order valence-electron chi connectivity index (χ3n) is 8.93. The molecule has 1 aliphatic heterocycles. The zero-order valence-electron chi connectivity index (χ0n) is 33.1. The first kappa shape index (κ1) is 46.3. The predicted molar refractivity (Wildman–Crippen MR) is 214 cm³/mol. The van der Waals surface area contributed by atoms with Crippen molar-refractivity contribution in [2.45, 2.75) is 77.7 Å². The Morgan fingerprint density at radius 2 is 1.17 bits per heavy atom. The number of benzene rings is 4. The average Bonchev–Trinajstić information content (AvgIpc) is 3.80. The molecule has 1 heterocycles. The van der Waals surface area contributed by atoms with Gasteiger partial charge in [0.05, 0.1) is 18.7 Å². The van der Waals surface area contributed by atoms with E-state index in [9.17, 15) is 39.3 Å². The van der Waals surface area contributed by atoms with Crippen LogP contribution in [0.5, 0.6) is 11.5 Å². The van der Waals surface area contributed by atoms with Gasteiger partial charge in [-0.25, -0.2) is 9.59 Å². The molecule has 4 aromatic rings. The minimum Gasteiger partial charge on any atom is -0.508 e.